The molecule has 4 heteroatoms. The Bertz CT molecular complexity index is 473. The number of hydrogen-bond acceptors (Lipinski definition) is 2. The molecule has 18 heavy (non-hydrogen) atoms. The van der Waals surface area contributed by atoms with Gasteiger partial charge in [0.05, 0.1) is 5.92 Å². The van der Waals surface area contributed by atoms with E-state index in [1.165, 1.54) is 5.69 Å². The number of rotatable bonds is 3. The van der Waals surface area contributed by atoms with Crippen LogP contribution in [-0.4, -0.2) is 23.7 Å². The fourth-order valence-corrected chi connectivity index (χ4v) is 2.96. The van der Waals surface area contributed by atoms with E-state index in [2.05, 4.69) is 46.8 Å². The Morgan fingerprint density at radius 1 is 1.44 bits per heavy atom. The van der Waals surface area contributed by atoms with Crippen LogP contribution in [0.5, 0.6) is 0 Å². The lowest BCUT2D eigenvalue weighted by Gasteiger charge is -2.25. The maximum absolute atomic E-state index is 11.2. The van der Waals surface area contributed by atoms with E-state index in [4.69, 9.17) is 0 Å². The van der Waals surface area contributed by atoms with Crippen LogP contribution in [0.2, 0.25) is 0 Å². The lowest BCUT2D eigenvalue weighted by molar-refractivity contribution is -0.141. The average molecular weight is 312 g/mol. The van der Waals surface area contributed by atoms with Gasteiger partial charge in [0, 0.05) is 28.7 Å². The lowest BCUT2D eigenvalue weighted by atomic mass is 9.89. The predicted octanol–water partition coefficient (Wildman–Crippen LogP) is 3.48. The van der Waals surface area contributed by atoms with Crippen LogP contribution in [0.25, 0.3) is 0 Å². The zero-order valence-corrected chi connectivity index (χ0v) is 12.4. The zero-order chi connectivity index (χ0) is 13.4. The minimum Gasteiger partial charge on any atom is -0.481 e. The summed E-state index contributed by atoms with van der Waals surface area (Å²) in [4.78, 5) is 13.5. The second-order valence-electron chi connectivity index (χ2n) is 5.18. The van der Waals surface area contributed by atoms with E-state index >= 15 is 0 Å². The number of fused-ring (bicyclic) bond motifs is 1. The fraction of sp³-hybridized carbons (Fsp3) is 0.500. The monoisotopic (exact) mass is 311 g/mol. The molecule has 2 rings (SSSR count). The summed E-state index contributed by atoms with van der Waals surface area (Å²) in [5.74, 6) is -1.02. The highest BCUT2D eigenvalue weighted by molar-refractivity contribution is 9.10. The van der Waals surface area contributed by atoms with E-state index in [9.17, 15) is 9.90 Å². The lowest BCUT2D eigenvalue weighted by Crippen LogP contribution is -2.31. The van der Waals surface area contributed by atoms with E-state index < -0.39 is 5.97 Å². The highest BCUT2D eigenvalue weighted by Crippen LogP contribution is 2.42. The summed E-state index contributed by atoms with van der Waals surface area (Å²) in [6.07, 6.45) is 0. The van der Waals surface area contributed by atoms with Crippen LogP contribution in [0.1, 0.15) is 32.3 Å². The van der Waals surface area contributed by atoms with E-state index in [0.717, 1.165) is 16.6 Å². The largest absolute Gasteiger partial charge is 0.481 e. The van der Waals surface area contributed by atoms with Crippen molar-refractivity contribution in [3.63, 3.8) is 0 Å². The van der Waals surface area contributed by atoms with Gasteiger partial charge in [0.2, 0.25) is 0 Å². The molecule has 2 atom stereocenters. The summed E-state index contributed by atoms with van der Waals surface area (Å²) in [6, 6.07) is 6.54. The van der Waals surface area contributed by atoms with Gasteiger partial charge in [0.1, 0.15) is 0 Å². The molecule has 3 nitrogen and oxygen atoms in total. The third kappa shape index (κ3) is 2.26. The van der Waals surface area contributed by atoms with Gasteiger partial charge >= 0.3 is 5.97 Å². The standard InChI is InChI=1S/C14H18BrNO2/c1-8(2)16-7-12(9(3)14(17)18)11-6-10(15)4-5-13(11)16/h4-6,8-9,12H,7H2,1-3H3,(H,17,18). The third-order valence-corrected chi connectivity index (χ3v) is 4.20. The molecule has 0 saturated heterocycles. The molecule has 0 radical (unpaired) electrons. The SMILES string of the molecule is CC(C(=O)O)C1CN(C(C)C)c2ccc(Br)cc21. The first kappa shape index (κ1) is 13.4. The van der Waals surface area contributed by atoms with Crippen LogP contribution in [0, 0.1) is 5.92 Å². The fourth-order valence-electron chi connectivity index (χ4n) is 2.58. The molecule has 1 heterocycles. The first-order valence-corrected chi connectivity index (χ1v) is 7.00. The van der Waals surface area contributed by atoms with Gasteiger partial charge in [-0.1, -0.05) is 22.9 Å². The maximum Gasteiger partial charge on any atom is 0.306 e. The minimum atomic E-state index is -0.725. The van der Waals surface area contributed by atoms with Crippen molar-refractivity contribution in [2.75, 3.05) is 11.4 Å². The van der Waals surface area contributed by atoms with Crippen molar-refractivity contribution in [3.05, 3.63) is 28.2 Å². The Hall–Kier alpha value is -1.03. The van der Waals surface area contributed by atoms with Crippen molar-refractivity contribution in [2.45, 2.75) is 32.7 Å². The number of nitrogens with zero attached hydrogens (tertiary/aromatic N) is 1. The Balaban J connectivity index is 2.44. The van der Waals surface area contributed by atoms with E-state index in [1.54, 1.807) is 6.92 Å². The van der Waals surface area contributed by atoms with Gasteiger partial charge in [-0.05, 0) is 37.6 Å². The summed E-state index contributed by atoms with van der Waals surface area (Å²) in [5, 5.41) is 9.23. The smallest absolute Gasteiger partial charge is 0.306 e. The molecule has 0 aliphatic carbocycles. The van der Waals surface area contributed by atoms with Crippen LogP contribution >= 0.6 is 15.9 Å². The summed E-state index contributed by atoms with van der Waals surface area (Å²) in [7, 11) is 0. The topological polar surface area (TPSA) is 40.5 Å². The molecule has 0 saturated carbocycles. The molecule has 2 unspecified atom stereocenters. The second kappa shape index (κ2) is 4.92. The Kier molecular flexibility index (Phi) is 3.66. The van der Waals surface area contributed by atoms with Crippen LogP contribution < -0.4 is 4.90 Å². The van der Waals surface area contributed by atoms with Gasteiger partial charge in [-0.3, -0.25) is 4.79 Å². The minimum absolute atomic E-state index is 0.0670. The van der Waals surface area contributed by atoms with Crippen molar-refractivity contribution in [1.82, 2.24) is 0 Å². The van der Waals surface area contributed by atoms with Crippen LogP contribution in [0.3, 0.4) is 0 Å². The number of aliphatic carboxylic acids is 1. The second-order valence-corrected chi connectivity index (χ2v) is 6.10. The molecule has 0 spiro atoms. The highest BCUT2D eigenvalue weighted by atomic mass is 79.9. The van der Waals surface area contributed by atoms with Crippen LogP contribution in [-0.2, 0) is 4.79 Å². The van der Waals surface area contributed by atoms with Crippen molar-refractivity contribution in [3.8, 4) is 0 Å². The number of benzene rings is 1. The van der Waals surface area contributed by atoms with Gasteiger partial charge in [-0.25, -0.2) is 0 Å². The first-order valence-electron chi connectivity index (χ1n) is 6.20. The predicted molar refractivity (Wildman–Crippen MR) is 76.2 cm³/mol. The van der Waals surface area contributed by atoms with Gasteiger partial charge in [-0.2, -0.15) is 0 Å². The molecular formula is C14H18BrNO2. The van der Waals surface area contributed by atoms with E-state index in [0.29, 0.717) is 6.04 Å². The van der Waals surface area contributed by atoms with E-state index in [-0.39, 0.29) is 11.8 Å². The summed E-state index contributed by atoms with van der Waals surface area (Å²) < 4.78 is 1.01. The summed E-state index contributed by atoms with van der Waals surface area (Å²) >= 11 is 3.47. The Morgan fingerprint density at radius 2 is 2.11 bits per heavy atom. The molecule has 0 fully saturated rings. The molecule has 0 aromatic heterocycles. The molecule has 1 aliphatic heterocycles. The molecule has 1 aliphatic rings. The summed E-state index contributed by atoms with van der Waals surface area (Å²) in [5.41, 5.74) is 2.32. The molecule has 1 N–H and O–H groups in total. The van der Waals surface area contributed by atoms with Crippen molar-refractivity contribution in [2.24, 2.45) is 5.92 Å². The van der Waals surface area contributed by atoms with Crippen molar-refractivity contribution >= 4 is 27.6 Å². The molecule has 1 aromatic rings. The van der Waals surface area contributed by atoms with Gasteiger partial charge in [0.25, 0.3) is 0 Å². The number of carboxylic acid groups (broad SMARTS) is 1. The molecular weight excluding hydrogens is 294 g/mol. The van der Waals surface area contributed by atoms with Crippen LogP contribution in [0.4, 0.5) is 5.69 Å². The highest BCUT2D eigenvalue weighted by Gasteiger charge is 2.36. The number of carboxylic acids is 1. The van der Waals surface area contributed by atoms with Crippen LogP contribution in [0.15, 0.2) is 22.7 Å². The van der Waals surface area contributed by atoms with Crippen molar-refractivity contribution in [1.29, 1.82) is 0 Å². The molecule has 1 aromatic carbocycles. The number of carbonyl (C=O) groups is 1. The number of anilines is 1. The van der Waals surface area contributed by atoms with Crippen molar-refractivity contribution < 1.29 is 9.90 Å². The van der Waals surface area contributed by atoms with Gasteiger partial charge in [-0.15, -0.1) is 0 Å². The van der Waals surface area contributed by atoms with Gasteiger partial charge in [0.15, 0.2) is 0 Å². The number of hydrogen-bond donors (Lipinski definition) is 1. The molecule has 0 amide bonds. The third-order valence-electron chi connectivity index (χ3n) is 3.71. The average Bonchev–Trinajstić information content (AvgIpc) is 2.66. The quantitative estimate of drug-likeness (QED) is 0.929. The molecule has 98 valence electrons. The molecule has 0 bridgehead atoms. The Morgan fingerprint density at radius 3 is 2.67 bits per heavy atom. The summed E-state index contributed by atoms with van der Waals surface area (Å²) in [6.45, 7) is 6.86. The Labute approximate surface area is 116 Å². The van der Waals surface area contributed by atoms with Gasteiger partial charge < -0.3 is 10.0 Å². The van der Waals surface area contributed by atoms with E-state index in [1.807, 2.05) is 6.07 Å². The number of halogens is 1. The maximum atomic E-state index is 11.2. The first-order chi connectivity index (χ1) is 8.41. The normalized spacial score (nSPS) is 20.1. The zero-order valence-electron chi connectivity index (χ0n) is 10.9.